The Bertz CT molecular complexity index is 174. The summed E-state index contributed by atoms with van der Waals surface area (Å²) in [7, 11) is 0. The molecule has 2 rings (SSSR count). The molecule has 0 aliphatic carbocycles. The summed E-state index contributed by atoms with van der Waals surface area (Å²) in [6.07, 6.45) is 7.03. The molecule has 0 amide bonds. The summed E-state index contributed by atoms with van der Waals surface area (Å²) in [5.41, 5.74) is 6.31. The molecule has 0 bridgehead atoms. The zero-order valence-corrected chi connectivity index (χ0v) is 5.75. The van der Waals surface area contributed by atoms with Crippen LogP contribution in [-0.2, 0) is 0 Å². The number of hydrogen-bond acceptors (Lipinski definition) is 3. The predicted octanol–water partition coefficient (Wildman–Crippen LogP) is 0.0672. The van der Waals surface area contributed by atoms with E-state index >= 15 is 0 Å². The third-order valence-electron chi connectivity index (χ3n) is 2.03. The van der Waals surface area contributed by atoms with Crippen LogP contribution in [-0.4, -0.2) is 18.8 Å². The first kappa shape index (κ1) is 6.07. The van der Waals surface area contributed by atoms with E-state index in [1.807, 2.05) is 12.4 Å². The van der Waals surface area contributed by atoms with E-state index in [1.54, 1.807) is 0 Å². The molecule has 10 heavy (non-hydrogen) atoms. The monoisotopic (exact) mass is 137 g/mol. The Morgan fingerprint density at radius 1 is 1.50 bits per heavy atom. The lowest BCUT2D eigenvalue weighted by molar-refractivity contribution is 0.554. The molecule has 2 aliphatic heterocycles. The summed E-state index contributed by atoms with van der Waals surface area (Å²) < 4.78 is 0. The first-order valence-corrected chi connectivity index (χ1v) is 3.63. The van der Waals surface area contributed by atoms with Crippen LogP contribution in [0, 0.1) is 5.92 Å². The normalized spacial score (nSPS) is 37.6. The Kier molecular flexibility index (Phi) is 1.53. The highest BCUT2D eigenvalue weighted by Crippen LogP contribution is 2.14. The van der Waals surface area contributed by atoms with Gasteiger partial charge in [0.15, 0.2) is 0 Å². The number of nitrogens with one attached hydrogen (secondary N) is 2. The van der Waals surface area contributed by atoms with Gasteiger partial charge in [-0.3, -0.25) is 15.8 Å². The Morgan fingerprint density at radius 3 is 3.50 bits per heavy atom. The molecule has 3 nitrogen and oxygen atoms in total. The van der Waals surface area contributed by atoms with Crippen LogP contribution in [0.4, 0.5) is 0 Å². The molecule has 0 aromatic heterocycles. The van der Waals surface area contributed by atoms with Gasteiger partial charge in [-0.1, -0.05) is 0 Å². The quantitative estimate of drug-likeness (QED) is 0.495. The van der Waals surface area contributed by atoms with Crippen molar-refractivity contribution in [3.05, 3.63) is 12.3 Å². The van der Waals surface area contributed by atoms with Gasteiger partial charge in [-0.05, 0) is 18.4 Å². The lowest BCUT2D eigenvalue weighted by atomic mass is 10.00. The van der Waals surface area contributed by atoms with Crippen molar-refractivity contribution in [2.75, 3.05) is 6.54 Å². The second kappa shape index (κ2) is 2.52. The van der Waals surface area contributed by atoms with Crippen molar-refractivity contribution in [3.8, 4) is 0 Å². The van der Waals surface area contributed by atoms with E-state index < -0.39 is 0 Å². The summed E-state index contributed by atoms with van der Waals surface area (Å²) in [6.45, 7) is 1.06. The first-order chi connectivity index (χ1) is 4.97. The molecule has 2 unspecified atom stereocenters. The summed E-state index contributed by atoms with van der Waals surface area (Å²) in [4.78, 5) is 4.08. The largest absolute Gasteiger partial charge is 0.269 e. The third kappa shape index (κ3) is 0.978. The van der Waals surface area contributed by atoms with Crippen LogP contribution < -0.4 is 10.9 Å². The number of hydrogen-bond donors (Lipinski definition) is 2. The average Bonchev–Trinajstić information content (AvgIpc) is 2.28. The fourth-order valence-corrected chi connectivity index (χ4v) is 1.39. The van der Waals surface area contributed by atoms with Crippen LogP contribution in [0.15, 0.2) is 17.3 Å². The van der Waals surface area contributed by atoms with Crippen LogP contribution in [0.3, 0.4) is 0 Å². The SMILES string of the molecule is C1=CC2NNCC2CC=N1. The maximum absolute atomic E-state index is 4.08. The van der Waals surface area contributed by atoms with Gasteiger partial charge in [-0.15, -0.1) is 0 Å². The van der Waals surface area contributed by atoms with Crippen molar-refractivity contribution >= 4 is 6.21 Å². The highest BCUT2D eigenvalue weighted by atomic mass is 15.4. The molecule has 2 heterocycles. The number of fused-ring (bicyclic) bond motifs is 1. The zero-order valence-electron chi connectivity index (χ0n) is 5.75. The average molecular weight is 137 g/mol. The highest BCUT2D eigenvalue weighted by molar-refractivity contribution is 5.59. The zero-order chi connectivity index (χ0) is 6.81. The Balaban J connectivity index is 2.12. The molecule has 1 saturated heterocycles. The molecular formula is C7H11N3. The van der Waals surface area contributed by atoms with Crippen molar-refractivity contribution in [2.45, 2.75) is 12.5 Å². The molecule has 0 radical (unpaired) electrons. The number of nitrogens with zero attached hydrogens (tertiary/aromatic N) is 1. The standard InChI is InChI=1S/C7H11N3/c1-3-8-4-2-7-6(1)5-9-10-7/h2-4,6-7,9-10H,1,5H2. The fourth-order valence-electron chi connectivity index (χ4n) is 1.39. The maximum atomic E-state index is 4.08. The van der Waals surface area contributed by atoms with E-state index in [2.05, 4.69) is 21.9 Å². The summed E-state index contributed by atoms with van der Waals surface area (Å²) in [5, 5.41) is 0. The molecular weight excluding hydrogens is 126 g/mol. The van der Waals surface area contributed by atoms with Crippen molar-refractivity contribution in [1.29, 1.82) is 0 Å². The lowest BCUT2D eigenvalue weighted by Crippen LogP contribution is -2.29. The second-order valence-electron chi connectivity index (χ2n) is 2.72. The first-order valence-electron chi connectivity index (χ1n) is 3.63. The van der Waals surface area contributed by atoms with Gasteiger partial charge in [0.2, 0.25) is 0 Å². The Morgan fingerprint density at radius 2 is 2.50 bits per heavy atom. The minimum Gasteiger partial charge on any atom is -0.269 e. The predicted molar refractivity (Wildman–Crippen MR) is 40.7 cm³/mol. The molecule has 0 spiro atoms. The van der Waals surface area contributed by atoms with Gasteiger partial charge < -0.3 is 0 Å². The van der Waals surface area contributed by atoms with Crippen LogP contribution in [0.25, 0.3) is 0 Å². The summed E-state index contributed by atoms with van der Waals surface area (Å²) >= 11 is 0. The summed E-state index contributed by atoms with van der Waals surface area (Å²) in [6, 6.07) is 0.488. The van der Waals surface area contributed by atoms with Gasteiger partial charge in [0.1, 0.15) is 0 Å². The van der Waals surface area contributed by atoms with E-state index in [4.69, 9.17) is 0 Å². The highest BCUT2D eigenvalue weighted by Gasteiger charge is 2.23. The summed E-state index contributed by atoms with van der Waals surface area (Å²) in [5.74, 6) is 0.697. The molecule has 2 aliphatic rings. The van der Waals surface area contributed by atoms with Crippen LogP contribution in [0.2, 0.25) is 0 Å². The molecule has 1 fully saturated rings. The minimum atomic E-state index is 0.488. The van der Waals surface area contributed by atoms with E-state index in [0.717, 1.165) is 13.0 Å². The van der Waals surface area contributed by atoms with Crippen molar-refractivity contribution in [2.24, 2.45) is 10.9 Å². The van der Waals surface area contributed by atoms with E-state index in [-0.39, 0.29) is 0 Å². The Hall–Kier alpha value is -0.670. The minimum absolute atomic E-state index is 0.488. The lowest BCUT2D eigenvalue weighted by Gasteiger charge is -2.08. The molecule has 2 atom stereocenters. The molecule has 54 valence electrons. The van der Waals surface area contributed by atoms with Crippen molar-refractivity contribution in [1.82, 2.24) is 10.9 Å². The van der Waals surface area contributed by atoms with Gasteiger partial charge >= 0.3 is 0 Å². The molecule has 0 saturated carbocycles. The fraction of sp³-hybridized carbons (Fsp3) is 0.571. The van der Waals surface area contributed by atoms with E-state index in [9.17, 15) is 0 Å². The molecule has 3 heteroatoms. The smallest absolute Gasteiger partial charge is 0.0454 e. The molecule has 2 N–H and O–H groups in total. The van der Waals surface area contributed by atoms with Gasteiger partial charge in [0.05, 0.1) is 0 Å². The third-order valence-corrected chi connectivity index (χ3v) is 2.03. The van der Waals surface area contributed by atoms with E-state index in [1.165, 1.54) is 0 Å². The van der Waals surface area contributed by atoms with Crippen molar-refractivity contribution in [3.63, 3.8) is 0 Å². The van der Waals surface area contributed by atoms with E-state index in [0.29, 0.717) is 12.0 Å². The van der Waals surface area contributed by atoms with Gasteiger partial charge in [0, 0.05) is 25.0 Å². The van der Waals surface area contributed by atoms with Gasteiger partial charge in [0.25, 0.3) is 0 Å². The number of aliphatic imine (C=N–C) groups is 1. The van der Waals surface area contributed by atoms with Gasteiger partial charge in [-0.2, -0.15) is 0 Å². The van der Waals surface area contributed by atoms with Crippen LogP contribution >= 0.6 is 0 Å². The number of hydrazine groups is 1. The molecule has 0 aromatic rings. The molecule has 0 aromatic carbocycles. The topological polar surface area (TPSA) is 36.4 Å². The van der Waals surface area contributed by atoms with Crippen LogP contribution in [0.5, 0.6) is 0 Å². The second-order valence-corrected chi connectivity index (χ2v) is 2.72. The Labute approximate surface area is 60.2 Å². The maximum Gasteiger partial charge on any atom is 0.0454 e. The van der Waals surface area contributed by atoms with Gasteiger partial charge in [-0.25, -0.2) is 0 Å². The van der Waals surface area contributed by atoms with Crippen molar-refractivity contribution < 1.29 is 0 Å². The number of rotatable bonds is 0. The van der Waals surface area contributed by atoms with Crippen LogP contribution in [0.1, 0.15) is 6.42 Å².